The third-order valence-electron chi connectivity index (χ3n) is 4.40. The smallest absolute Gasteiger partial charge is 0.326 e. The van der Waals surface area contributed by atoms with Crippen LogP contribution in [0.15, 0.2) is 0 Å². The molecule has 1 saturated carbocycles. The minimum Gasteiger partial charge on any atom is -0.480 e. The predicted octanol–water partition coefficient (Wildman–Crippen LogP) is 1.69. The molecule has 3 atom stereocenters. The van der Waals surface area contributed by atoms with Gasteiger partial charge in [0.2, 0.25) is 11.8 Å². The fourth-order valence-corrected chi connectivity index (χ4v) is 2.79. The molecule has 6 nitrogen and oxygen atoms in total. The summed E-state index contributed by atoms with van der Waals surface area (Å²) in [5, 5.41) is 14.6. The Balaban J connectivity index is 2.42. The average Bonchev–Trinajstić information content (AvgIpc) is 2.97. The second-order valence-corrected chi connectivity index (χ2v) is 6.36. The molecule has 1 aliphatic carbocycles. The van der Waals surface area contributed by atoms with Gasteiger partial charge in [-0.3, -0.25) is 9.59 Å². The van der Waals surface area contributed by atoms with E-state index in [0.29, 0.717) is 6.42 Å². The third kappa shape index (κ3) is 5.66. The first-order valence-electron chi connectivity index (χ1n) is 8.17. The topological polar surface area (TPSA) is 95.5 Å². The molecule has 22 heavy (non-hydrogen) atoms. The number of carbonyl (C=O) groups excluding carboxylic acids is 2. The van der Waals surface area contributed by atoms with Gasteiger partial charge < -0.3 is 15.7 Å². The van der Waals surface area contributed by atoms with Crippen molar-refractivity contribution in [2.45, 2.75) is 71.4 Å². The van der Waals surface area contributed by atoms with Crippen LogP contribution in [0.2, 0.25) is 0 Å². The molecule has 1 unspecified atom stereocenters. The molecule has 0 aromatic carbocycles. The molecule has 1 rings (SSSR count). The molecular weight excluding hydrogens is 284 g/mol. The Kier molecular flexibility index (Phi) is 7.35. The molecule has 2 amide bonds. The van der Waals surface area contributed by atoms with E-state index in [1.807, 2.05) is 6.92 Å². The van der Waals surface area contributed by atoms with E-state index in [2.05, 4.69) is 10.6 Å². The summed E-state index contributed by atoms with van der Waals surface area (Å²) in [6.45, 7) is 5.45. The summed E-state index contributed by atoms with van der Waals surface area (Å²) in [6, 6.07) is -1.17. The standard InChI is InChI=1S/C16H28N2O4/c1-4-10(2)14(16(21)22)18-13(19)9-11(3)17-15(20)12-7-5-6-8-12/h10-12,14H,4-9H2,1-3H3,(H,17,20)(H,18,19)(H,21,22)/t10-,11?,14-/m0/s1. The Bertz CT molecular complexity index is 405. The summed E-state index contributed by atoms with van der Waals surface area (Å²) in [7, 11) is 0. The number of rotatable bonds is 8. The lowest BCUT2D eigenvalue weighted by atomic mass is 9.99. The fraction of sp³-hybridized carbons (Fsp3) is 0.812. The number of aliphatic carboxylic acids is 1. The van der Waals surface area contributed by atoms with Crippen LogP contribution in [-0.2, 0) is 14.4 Å². The van der Waals surface area contributed by atoms with E-state index in [-0.39, 0.29) is 36.1 Å². The van der Waals surface area contributed by atoms with Crippen LogP contribution in [0.1, 0.15) is 59.3 Å². The van der Waals surface area contributed by atoms with Gasteiger partial charge in [-0.25, -0.2) is 4.79 Å². The quantitative estimate of drug-likeness (QED) is 0.635. The molecule has 1 fully saturated rings. The van der Waals surface area contributed by atoms with Gasteiger partial charge in [0.25, 0.3) is 0 Å². The molecule has 0 heterocycles. The Morgan fingerprint density at radius 2 is 1.73 bits per heavy atom. The van der Waals surface area contributed by atoms with Crippen molar-refractivity contribution >= 4 is 17.8 Å². The normalized spacial score (nSPS) is 19.2. The lowest BCUT2D eigenvalue weighted by molar-refractivity contribution is -0.143. The van der Waals surface area contributed by atoms with Crippen LogP contribution in [0.3, 0.4) is 0 Å². The molecule has 1 aliphatic rings. The van der Waals surface area contributed by atoms with Crippen LogP contribution in [0.25, 0.3) is 0 Å². The van der Waals surface area contributed by atoms with Gasteiger partial charge in [-0.15, -0.1) is 0 Å². The number of amides is 2. The van der Waals surface area contributed by atoms with E-state index >= 15 is 0 Å². The predicted molar refractivity (Wildman–Crippen MR) is 83.2 cm³/mol. The number of carboxylic acid groups (broad SMARTS) is 1. The van der Waals surface area contributed by atoms with Crippen LogP contribution in [0.5, 0.6) is 0 Å². The van der Waals surface area contributed by atoms with Crippen molar-refractivity contribution in [2.24, 2.45) is 11.8 Å². The second-order valence-electron chi connectivity index (χ2n) is 6.36. The molecule has 0 radical (unpaired) electrons. The maximum atomic E-state index is 12.0. The highest BCUT2D eigenvalue weighted by molar-refractivity contribution is 5.85. The first-order chi connectivity index (χ1) is 10.3. The van der Waals surface area contributed by atoms with Crippen molar-refractivity contribution in [3.8, 4) is 0 Å². The molecule has 6 heteroatoms. The maximum absolute atomic E-state index is 12.0. The van der Waals surface area contributed by atoms with Crippen molar-refractivity contribution in [2.75, 3.05) is 0 Å². The number of carboxylic acids is 1. The average molecular weight is 312 g/mol. The Hall–Kier alpha value is -1.59. The van der Waals surface area contributed by atoms with Crippen molar-refractivity contribution in [3.63, 3.8) is 0 Å². The van der Waals surface area contributed by atoms with Crippen molar-refractivity contribution in [1.82, 2.24) is 10.6 Å². The largest absolute Gasteiger partial charge is 0.480 e. The summed E-state index contributed by atoms with van der Waals surface area (Å²) in [5.41, 5.74) is 0. The first-order valence-corrected chi connectivity index (χ1v) is 8.17. The number of carbonyl (C=O) groups is 3. The number of nitrogens with one attached hydrogen (secondary N) is 2. The first kappa shape index (κ1) is 18.5. The van der Waals surface area contributed by atoms with Gasteiger partial charge in [-0.2, -0.15) is 0 Å². The molecule has 0 aromatic rings. The van der Waals surface area contributed by atoms with Crippen LogP contribution in [0, 0.1) is 11.8 Å². The van der Waals surface area contributed by atoms with E-state index in [1.165, 1.54) is 0 Å². The van der Waals surface area contributed by atoms with Gasteiger partial charge in [-0.1, -0.05) is 33.1 Å². The zero-order valence-corrected chi connectivity index (χ0v) is 13.7. The van der Waals surface area contributed by atoms with E-state index in [1.54, 1.807) is 13.8 Å². The zero-order valence-electron chi connectivity index (χ0n) is 13.7. The SMILES string of the molecule is CC[C@H](C)[C@H](NC(=O)CC(C)NC(=O)C1CCCC1)C(=O)O. The van der Waals surface area contributed by atoms with Crippen LogP contribution in [-0.4, -0.2) is 35.0 Å². The molecule has 3 N–H and O–H groups in total. The van der Waals surface area contributed by atoms with Gasteiger partial charge >= 0.3 is 5.97 Å². The summed E-state index contributed by atoms with van der Waals surface area (Å²) >= 11 is 0. The van der Waals surface area contributed by atoms with Gasteiger partial charge in [0.15, 0.2) is 0 Å². The lowest BCUT2D eigenvalue weighted by Gasteiger charge is -2.22. The van der Waals surface area contributed by atoms with Crippen molar-refractivity contribution in [3.05, 3.63) is 0 Å². The molecule has 0 spiro atoms. The highest BCUT2D eigenvalue weighted by atomic mass is 16.4. The molecule has 0 aliphatic heterocycles. The minimum absolute atomic E-state index is 0.00881. The minimum atomic E-state index is -1.02. The number of hydrogen-bond acceptors (Lipinski definition) is 3. The Morgan fingerprint density at radius 3 is 2.23 bits per heavy atom. The summed E-state index contributed by atoms with van der Waals surface area (Å²) < 4.78 is 0. The van der Waals surface area contributed by atoms with Gasteiger partial charge in [0, 0.05) is 18.4 Å². The van der Waals surface area contributed by atoms with Crippen molar-refractivity contribution < 1.29 is 19.5 Å². The fourth-order valence-electron chi connectivity index (χ4n) is 2.79. The van der Waals surface area contributed by atoms with E-state index < -0.39 is 12.0 Å². The highest BCUT2D eigenvalue weighted by Gasteiger charge is 2.27. The lowest BCUT2D eigenvalue weighted by Crippen LogP contribution is -2.47. The zero-order chi connectivity index (χ0) is 16.7. The molecule has 0 saturated heterocycles. The third-order valence-corrected chi connectivity index (χ3v) is 4.40. The van der Waals surface area contributed by atoms with Crippen LogP contribution < -0.4 is 10.6 Å². The van der Waals surface area contributed by atoms with Gasteiger partial charge in [0.05, 0.1) is 0 Å². The van der Waals surface area contributed by atoms with E-state index in [4.69, 9.17) is 5.11 Å². The van der Waals surface area contributed by atoms with E-state index in [9.17, 15) is 14.4 Å². The van der Waals surface area contributed by atoms with Crippen molar-refractivity contribution in [1.29, 1.82) is 0 Å². The summed E-state index contributed by atoms with van der Waals surface area (Å²) in [6.07, 6.45) is 4.77. The van der Waals surface area contributed by atoms with Crippen LogP contribution >= 0.6 is 0 Å². The van der Waals surface area contributed by atoms with Gasteiger partial charge in [-0.05, 0) is 25.7 Å². The number of hydrogen-bond donors (Lipinski definition) is 3. The molecular formula is C16H28N2O4. The Labute approximate surface area is 132 Å². The Morgan fingerprint density at radius 1 is 1.14 bits per heavy atom. The van der Waals surface area contributed by atoms with Crippen LogP contribution in [0.4, 0.5) is 0 Å². The highest BCUT2D eigenvalue weighted by Crippen LogP contribution is 2.24. The maximum Gasteiger partial charge on any atom is 0.326 e. The summed E-state index contributed by atoms with van der Waals surface area (Å²) in [4.78, 5) is 35.1. The van der Waals surface area contributed by atoms with Gasteiger partial charge in [0.1, 0.15) is 6.04 Å². The second kappa shape index (κ2) is 8.76. The molecule has 0 bridgehead atoms. The molecule has 126 valence electrons. The monoisotopic (exact) mass is 312 g/mol. The summed E-state index contributed by atoms with van der Waals surface area (Å²) in [5.74, 6) is -1.42. The molecule has 0 aromatic heterocycles. The van der Waals surface area contributed by atoms with E-state index in [0.717, 1.165) is 25.7 Å².